The van der Waals surface area contributed by atoms with E-state index in [2.05, 4.69) is 14.7 Å². The number of nitrogens with two attached hydrogens (primary N) is 2. The van der Waals surface area contributed by atoms with Crippen molar-refractivity contribution in [1.29, 1.82) is 0 Å². The molecule has 22 heavy (non-hydrogen) atoms. The van der Waals surface area contributed by atoms with Gasteiger partial charge in [-0.2, -0.15) is 0 Å². The van der Waals surface area contributed by atoms with Gasteiger partial charge in [-0.05, 0) is 30.5 Å². The minimum absolute atomic E-state index is 0.0334. The molecule has 0 unspecified atom stereocenters. The molecule has 0 bridgehead atoms. The SMILES string of the molecule is COc1ccc(S(=O)(=O)Nc2c(N)nc(SC)nc2N)cc1. The third kappa shape index (κ3) is 3.34. The molecule has 2 rings (SSSR count). The Bertz CT molecular complexity index is 755. The summed E-state index contributed by atoms with van der Waals surface area (Å²) >= 11 is 1.25. The Kier molecular flexibility index (Phi) is 4.62. The third-order valence-electron chi connectivity index (χ3n) is 2.73. The van der Waals surface area contributed by atoms with Crippen LogP contribution in [0.4, 0.5) is 17.3 Å². The van der Waals surface area contributed by atoms with E-state index in [4.69, 9.17) is 16.2 Å². The van der Waals surface area contributed by atoms with Crippen molar-refractivity contribution in [3.8, 4) is 5.75 Å². The molecule has 0 atom stereocenters. The number of ether oxygens (including phenoxy) is 1. The second kappa shape index (κ2) is 6.28. The van der Waals surface area contributed by atoms with E-state index in [1.165, 1.54) is 43.1 Å². The van der Waals surface area contributed by atoms with E-state index in [1.54, 1.807) is 6.26 Å². The minimum atomic E-state index is -3.86. The summed E-state index contributed by atoms with van der Waals surface area (Å²) in [6.45, 7) is 0. The highest BCUT2D eigenvalue weighted by Crippen LogP contribution is 2.28. The monoisotopic (exact) mass is 341 g/mol. The molecule has 5 N–H and O–H groups in total. The fourth-order valence-electron chi connectivity index (χ4n) is 1.62. The molecule has 1 aromatic carbocycles. The van der Waals surface area contributed by atoms with Crippen molar-refractivity contribution in [3.63, 3.8) is 0 Å². The van der Waals surface area contributed by atoms with Crippen LogP contribution in [0.25, 0.3) is 0 Å². The van der Waals surface area contributed by atoms with Gasteiger partial charge < -0.3 is 16.2 Å². The summed E-state index contributed by atoms with van der Waals surface area (Å²) in [6, 6.07) is 5.89. The number of aromatic nitrogens is 2. The van der Waals surface area contributed by atoms with Crippen LogP contribution in [-0.2, 0) is 10.0 Å². The highest BCUT2D eigenvalue weighted by Gasteiger charge is 2.19. The number of nitrogens with one attached hydrogen (secondary N) is 1. The number of hydrogen-bond donors (Lipinski definition) is 3. The van der Waals surface area contributed by atoms with Gasteiger partial charge in [-0.3, -0.25) is 4.72 Å². The van der Waals surface area contributed by atoms with Gasteiger partial charge in [0.2, 0.25) is 0 Å². The standard InChI is InChI=1S/C12H15N5O3S2/c1-20-7-3-5-8(6-4-7)22(18,19)17-9-10(13)15-12(21-2)16-11(9)14/h3-6,17H,1-2H3,(H4,13,14,15,16). The van der Waals surface area contributed by atoms with Crippen LogP contribution in [0.2, 0.25) is 0 Å². The number of methoxy groups -OCH3 is 1. The Hall–Kier alpha value is -2.20. The van der Waals surface area contributed by atoms with Crippen LogP contribution in [0.1, 0.15) is 0 Å². The Labute approximate surface area is 132 Å². The van der Waals surface area contributed by atoms with Crippen molar-refractivity contribution in [2.75, 3.05) is 29.6 Å². The van der Waals surface area contributed by atoms with Crippen LogP contribution in [-0.4, -0.2) is 31.8 Å². The third-order valence-corrected chi connectivity index (χ3v) is 4.65. The van der Waals surface area contributed by atoms with E-state index >= 15 is 0 Å². The first-order chi connectivity index (χ1) is 10.4. The summed E-state index contributed by atoms with van der Waals surface area (Å²) < 4.78 is 32.0. The van der Waals surface area contributed by atoms with Crippen molar-refractivity contribution >= 4 is 39.1 Å². The average Bonchev–Trinajstić information content (AvgIpc) is 2.50. The van der Waals surface area contributed by atoms with Crippen molar-refractivity contribution in [2.45, 2.75) is 10.1 Å². The van der Waals surface area contributed by atoms with Crippen LogP contribution in [0.15, 0.2) is 34.3 Å². The number of sulfonamides is 1. The van der Waals surface area contributed by atoms with E-state index < -0.39 is 10.0 Å². The Morgan fingerprint density at radius 1 is 1.14 bits per heavy atom. The van der Waals surface area contributed by atoms with E-state index in [0.717, 1.165) is 0 Å². The summed E-state index contributed by atoms with van der Waals surface area (Å²) in [5, 5.41) is 0.363. The maximum Gasteiger partial charge on any atom is 0.262 e. The average molecular weight is 341 g/mol. The quantitative estimate of drug-likeness (QED) is 0.545. The lowest BCUT2D eigenvalue weighted by atomic mass is 10.3. The molecule has 0 aliphatic rings. The molecular formula is C12H15N5O3S2. The maximum absolute atomic E-state index is 12.3. The zero-order valence-electron chi connectivity index (χ0n) is 11.9. The van der Waals surface area contributed by atoms with Gasteiger partial charge >= 0.3 is 0 Å². The van der Waals surface area contributed by atoms with Crippen LogP contribution >= 0.6 is 11.8 Å². The molecule has 1 aromatic heterocycles. The van der Waals surface area contributed by atoms with Gasteiger partial charge in [0.1, 0.15) is 11.4 Å². The number of nitrogens with zero attached hydrogens (tertiary/aromatic N) is 2. The lowest BCUT2D eigenvalue weighted by molar-refractivity contribution is 0.414. The first kappa shape index (κ1) is 16.2. The minimum Gasteiger partial charge on any atom is -0.497 e. The number of rotatable bonds is 5. The number of thioether (sulfide) groups is 1. The van der Waals surface area contributed by atoms with Gasteiger partial charge in [-0.15, -0.1) is 0 Å². The first-order valence-corrected chi connectivity index (χ1v) is 8.72. The molecule has 118 valence electrons. The smallest absolute Gasteiger partial charge is 0.262 e. The van der Waals surface area contributed by atoms with Gasteiger partial charge in [0.15, 0.2) is 16.8 Å². The zero-order chi connectivity index (χ0) is 16.3. The van der Waals surface area contributed by atoms with E-state index in [1.807, 2.05) is 0 Å². The van der Waals surface area contributed by atoms with E-state index in [0.29, 0.717) is 10.9 Å². The fourth-order valence-corrected chi connectivity index (χ4v) is 3.09. The molecule has 0 saturated carbocycles. The first-order valence-electron chi connectivity index (χ1n) is 6.01. The molecule has 8 nitrogen and oxygen atoms in total. The topological polar surface area (TPSA) is 133 Å². The van der Waals surface area contributed by atoms with Gasteiger partial charge in [-0.1, -0.05) is 11.8 Å². The van der Waals surface area contributed by atoms with Crippen LogP contribution in [0.3, 0.4) is 0 Å². The molecule has 0 amide bonds. The predicted molar refractivity (Wildman–Crippen MR) is 86.4 cm³/mol. The summed E-state index contributed by atoms with van der Waals surface area (Å²) in [7, 11) is -2.36. The Morgan fingerprint density at radius 3 is 2.14 bits per heavy atom. The number of anilines is 3. The van der Waals surface area contributed by atoms with Crippen molar-refractivity contribution < 1.29 is 13.2 Å². The van der Waals surface area contributed by atoms with Crippen molar-refractivity contribution in [1.82, 2.24) is 9.97 Å². The summed E-state index contributed by atoms with van der Waals surface area (Å²) in [5.41, 5.74) is 11.4. The van der Waals surface area contributed by atoms with Gasteiger partial charge in [0, 0.05) is 0 Å². The van der Waals surface area contributed by atoms with Crippen LogP contribution in [0.5, 0.6) is 5.75 Å². The predicted octanol–water partition coefficient (Wildman–Crippen LogP) is 1.17. The molecule has 0 spiro atoms. The lowest BCUT2D eigenvalue weighted by Gasteiger charge is -2.12. The van der Waals surface area contributed by atoms with Gasteiger partial charge in [0.25, 0.3) is 10.0 Å². The fraction of sp³-hybridized carbons (Fsp3) is 0.167. The highest BCUT2D eigenvalue weighted by atomic mass is 32.2. The lowest BCUT2D eigenvalue weighted by Crippen LogP contribution is -2.17. The molecule has 0 saturated heterocycles. The maximum atomic E-state index is 12.3. The second-order valence-corrected chi connectivity index (χ2v) is 6.59. The summed E-state index contributed by atoms with van der Waals surface area (Å²) in [5.74, 6) is 0.480. The summed E-state index contributed by atoms with van der Waals surface area (Å²) in [6.07, 6.45) is 1.76. The van der Waals surface area contributed by atoms with Gasteiger partial charge in [-0.25, -0.2) is 18.4 Å². The molecule has 0 fully saturated rings. The Balaban J connectivity index is 2.36. The largest absolute Gasteiger partial charge is 0.497 e. The molecular weight excluding hydrogens is 326 g/mol. The van der Waals surface area contributed by atoms with Crippen molar-refractivity contribution in [2.24, 2.45) is 0 Å². The molecule has 0 aliphatic carbocycles. The number of benzene rings is 1. The normalized spacial score (nSPS) is 11.2. The number of nitrogen functional groups attached to an aromatic ring is 2. The van der Waals surface area contributed by atoms with E-state index in [9.17, 15) is 8.42 Å². The molecule has 0 radical (unpaired) electrons. The van der Waals surface area contributed by atoms with Crippen molar-refractivity contribution in [3.05, 3.63) is 24.3 Å². The molecule has 1 heterocycles. The van der Waals surface area contributed by atoms with Crippen LogP contribution in [0, 0.1) is 0 Å². The highest BCUT2D eigenvalue weighted by molar-refractivity contribution is 7.98. The number of hydrogen-bond acceptors (Lipinski definition) is 8. The second-order valence-electron chi connectivity index (χ2n) is 4.14. The summed E-state index contributed by atoms with van der Waals surface area (Å²) in [4.78, 5) is 7.96. The van der Waals surface area contributed by atoms with Gasteiger partial charge in [0.05, 0.1) is 12.0 Å². The molecule has 10 heteroatoms. The Morgan fingerprint density at radius 2 is 1.68 bits per heavy atom. The van der Waals surface area contributed by atoms with E-state index in [-0.39, 0.29) is 22.2 Å². The van der Waals surface area contributed by atoms with Crippen LogP contribution < -0.4 is 20.9 Å². The molecule has 2 aromatic rings. The molecule has 0 aliphatic heterocycles. The zero-order valence-corrected chi connectivity index (χ0v) is 13.5.